The Balaban J connectivity index is 1.84. The molecule has 0 aliphatic rings. The lowest BCUT2D eigenvalue weighted by Crippen LogP contribution is -2.07. The van der Waals surface area contributed by atoms with E-state index in [-0.39, 0.29) is 27.7 Å². The van der Waals surface area contributed by atoms with Gasteiger partial charge in [0.05, 0.1) is 10.4 Å². The van der Waals surface area contributed by atoms with Crippen molar-refractivity contribution in [1.29, 1.82) is 0 Å². The lowest BCUT2D eigenvalue weighted by molar-refractivity contribution is -0.137. The van der Waals surface area contributed by atoms with Gasteiger partial charge in [-0.3, -0.25) is 4.79 Å². The average molecular weight is 472 g/mol. The number of hydrogen-bond donors (Lipinski definition) is 1. The number of carbonyl (C=O) groups is 1. The number of alkyl halides is 3. The molecule has 0 radical (unpaired) electrons. The van der Waals surface area contributed by atoms with E-state index >= 15 is 0 Å². The van der Waals surface area contributed by atoms with Crippen LogP contribution < -0.4 is 4.74 Å². The third kappa shape index (κ3) is 4.90. The van der Waals surface area contributed by atoms with E-state index in [2.05, 4.69) is 0 Å². The summed E-state index contributed by atoms with van der Waals surface area (Å²) < 4.78 is 61.3. The Labute approximate surface area is 190 Å². The van der Waals surface area contributed by atoms with Crippen molar-refractivity contribution in [3.63, 3.8) is 0 Å². The molecule has 3 nitrogen and oxygen atoms in total. The first-order valence-corrected chi connectivity index (χ1v) is 10.5. The van der Waals surface area contributed by atoms with E-state index in [0.29, 0.717) is 21.9 Å². The number of carbonyl (C=O) groups excluding carboxylic acids is 1. The number of phenols is 1. The van der Waals surface area contributed by atoms with Crippen molar-refractivity contribution in [2.24, 2.45) is 0 Å². The second kappa shape index (κ2) is 8.71. The summed E-state index contributed by atoms with van der Waals surface area (Å²) in [4.78, 5) is 11.3. The van der Waals surface area contributed by atoms with Crippen molar-refractivity contribution in [1.82, 2.24) is 0 Å². The molecule has 0 saturated heterocycles. The molecule has 3 aromatic carbocycles. The van der Waals surface area contributed by atoms with Gasteiger partial charge in [0, 0.05) is 15.6 Å². The predicted molar refractivity (Wildman–Crippen MR) is 120 cm³/mol. The summed E-state index contributed by atoms with van der Waals surface area (Å²) in [5.74, 6) is -0.619. The van der Waals surface area contributed by atoms with Crippen LogP contribution in [0.1, 0.15) is 18.1 Å². The van der Waals surface area contributed by atoms with E-state index in [4.69, 9.17) is 4.74 Å². The number of aromatic hydroxyl groups is 1. The minimum Gasteiger partial charge on any atom is -0.508 e. The number of ketones is 1. The largest absolute Gasteiger partial charge is 0.508 e. The zero-order chi connectivity index (χ0) is 23.8. The van der Waals surface area contributed by atoms with Gasteiger partial charge in [-0.05, 0) is 67.1 Å². The topological polar surface area (TPSA) is 46.5 Å². The van der Waals surface area contributed by atoms with Crippen molar-refractivity contribution in [3.05, 3.63) is 83.7 Å². The maximum Gasteiger partial charge on any atom is 0.417 e. The molecule has 1 aromatic heterocycles. The Morgan fingerprint density at radius 1 is 1.03 bits per heavy atom. The fourth-order valence-corrected chi connectivity index (χ4v) is 4.47. The highest BCUT2D eigenvalue weighted by Crippen LogP contribution is 2.50. The maximum absolute atomic E-state index is 13.7. The summed E-state index contributed by atoms with van der Waals surface area (Å²) in [6.07, 6.45) is -1.73. The number of hydrogen-bond acceptors (Lipinski definition) is 4. The van der Waals surface area contributed by atoms with Crippen LogP contribution in [0.4, 0.5) is 17.6 Å². The van der Waals surface area contributed by atoms with Crippen LogP contribution in [0.2, 0.25) is 0 Å². The zero-order valence-electron chi connectivity index (χ0n) is 17.1. The summed E-state index contributed by atoms with van der Waals surface area (Å²) in [5.41, 5.74) is -0.593. The third-order valence-electron chi connectivity index (χ3n) is 4.77. The summed E-state index contributed by atoms with van der Waals surface area (Å²) in [6, 6.07) is 13.6. The van der Waals surface area contributed by atoms with Gasteiger partial charge in [-0.1, -0.05) is 18.2 Å². The van der Waals surface area contributed by atoms with Crippen LogP contribution >= 0.6 is 11.3 Å². The van der Waals surface area contributed by atoms with Crippen LogP contribution in [0, 0.1) is 5.82 Å². The molecule has 168 valence electrons. The van der Waals surface area contributed by atoms with Gasteiger partial charge in [0.15, 0.2) is 11.5 Å². The van der Waals surface area contributed by atoms with E-state index in [9.17, 15) is 27.5 Å². The van der Waals surface area contributed by atoms with Gasteiger partial charge in [0.25, 0.3) is 0 Å². The van der Waals surface area contributed by atoms with E-state index < -0.39 is 17.6 Å². The second-order valence-electron chi connectivity index (χ2n) is 7.24. The number of allylic oxidation sites excluding steroid dienone is 1. The molecule has 1 N–H and O–H groups in total. The van der Waals surface area contributed by atoms with Gasteiger partial charge in [-0.2, -0.15) is 13.2 Å². The molecule has 33 heavy (non-hydrogen) atoms. The monoisotopic (exact) mass is 472 g/mol. The smallest absolute Gasteiger partial charge is 0.417 e. The minimum absolute atomic E-state index is 0.0430. The van der Waals surface area contributed by atoms with Crippen LogP contribution in [-0.2, 0) is 11.0 Å². The molecule has 0 amide bonds. The average Bonchev–Trinajstić information content (AvgIpc) is 3.09. The van der Waals surface area contributed by atoms with Crippen LogP contribution in [0.5, 0.6) is 17.2 Å². The number of halogens is 4. The van der Waals surface area contributed by atoms with E-state index in [1.165, 1.54) is 25.1 Å². The van der Waals surface area contributed by atoms with Gasteiger partial charge < -0.3 is 9.84 Å². The van der Waals surface area contributed by atoms with Gasteiger partial charge in [-0.15, -0.1) is 11.3 Å². The lowest BCUT2D eigenvalue weighted by atomic mass is 10.0. The van der Waals surface area contributed by atoms with Gasteiger partial charge in [0.1, 0.15) is 17.3 Å². The molecule has 0 bridgehead atoms. The molecule has 4 aromatic rings. The predicted octanol–water partition coefficient (Wildman–Crippen LogP) is 7.83. The number of rotatable bonds is 5. The standard InChI is InChI=1S/C25H16F4O3S/c1-14(30)2-3-15-4-8-18(9-5-15)32-23-20-11-7-17(31)13-22(20)33-24(23)19-10-6-16(26)12-21(19)25(27,28)29/h2-13,31H,1H3. The molecule has 0 unspecified atom stereocenters. The minimum atomic E-state index is -4.78. The van der Waals surface area contributed by atoms with Gasteiger partial charge in [0.2, 0.25) is 0 Å². The molecule has 0 saturated carbocycles. The summed E-state index contributed by atoms with van der Waals surface area (Å²) >= 11 is 1.00. The highest BCUT2D eigenvalue weighted by molar-refractivity contribution is 7.22. The number of ether oxygens (including phenoxy) is 1. The number of thiophene rings is 1. The van der Waals surface area contributed by atoms with Crippen LogP contribution in [0.25, 0.3) is 26.6 Å². The summed E-state index contributed by atoms with van der Waals surface area (Å²) in [7, 11) is 0. The molecule has 0 atom stereocenters. The third-order valence-corrected chi connectivity index (χ3v) is 5.94. The van der Waals surface area contributed by atoms with Crippen LogP contribution in [0.15, 0.2) is 66.7 Å². The highest BCUT2D eigenvalue weighted by atomic mass is 32.1. The molecule has 0 aliphatic heterocycles. The maximum atomic E-state index is 13.7. The quantitative estimate of drug-likeness (QED) is 0.238. The van der Waals surface area contributed by atoms with Crippen molar-refractivity contribution in [2.45, 2.75) is 13.1 Å². The van der Waals surface area contributed by atoms with E-state index in [0.717, 1.165) is 29.0 Å². The molecule has 0 fully saturated rings. The van der Waals surface area contributed by atoms with Crippen molar-refractivity contribution >= 4 is 33.3 Å². The fourth-order valence-electron chi connectivity index (χ4n) is 3.27. The fraction of sp³-hybridized carbons (Fsp3) is 0.0800. The summed E-state index contributed by atoms with van der Waals surface area (Å²) in [6.45, 7) is 1.43. The first-order chi connectivity index (χ1) is 15.6. The Hall–Kier alpha value is -3.65. The highest BCUT2D eigenvalue weighted by Gasteiger charge is 2.35. The van der Waals surface area contributed by atoms with Gasteiger partial charge >= 0.3 is 6.18 Å². The Bertz CT molecular complexity index is 1370. The van der Waals surface area contributed by atoms with Crippen LogP contribution in [0.3, 0.4) is 0 Å². The number of benzene rings is 3. The summed E-state index contributed by atoms with van der Waals surface area (Å²) in [5, 5.41) is 10.3. The van der Waals surface area contributed by atoms with Crippen molar-refractivity contribution in [3.8, 4) is 27.7 Å². The Kier molecular flexibility index (Phi) is 5.95. The number of fused-ring (bicyclic) bond motifs is 1. The van der Waals surface area contributed by atoms with E-state index in [1.54, 1.807) is 36.4 Å². The second-order valence-corrected chi connectivity index (χ2v) is 8.30. The molecule has 8 heteroatoms. The first kappa shape index (κ1) is 22.5. The molecular formula is C25H16F4O3S. The molecule has 0 spiro atoms. The SMILES string of the molecule is CC(=O)C=Cc1ccc(Oc2c(-c3ccc(F)cc3C(F)(F)F)sc3cc(O)ccc23)cc1. The Morgan fingerprint density at radius 2 is 1.76 bits per heavy atom. The van der Waals surface area contributed by atoms with Crippen LogP contribution in [-0.4, -0.2) is 10.9 Å². The molecular weight excluding hydrogens is 456 g/mol. The molecule has 4 rings (SSSR count). The molecule has 0 aliphatic carbocycles. The number of phenolic OH excluding ortho intramolecular Hbond substituents is 1. The zero-order valence-corrected chi connectivity index (χ0v) is 17.9. The van der Waals surface area contributed by atoms with Crippen molar-refractivity contribution in [2.75, 3.05) is 0 Å². The Morgan fingerprint density at radius 3 is 2.42 bits per heavy atom. The molecule has 1 heterocycles. The lowest BCUT2D eigenvalue weighted by Gasteiger charge is -2.14. The van der Waals surface area contributed by atoms with Gasteiger partial charge in [-0.25, -0.2) is 4.39 Å². The normalized spacial score (nSPS) is 11.9. The first-order valence-electron chi connectivity index (χ1n) is 9.71. The van der Waals surface area contributed by atoms with E-state index in [1.807, 2.05) is 0 Å². The van der Waals surface area contributed by atoms with Crippen molar-refractivity contribution < 1.29 is 32.2 Å².